The predicted octanol–water partition coefficient (Wildman–Crippen LogP) is 1.33. The number of carbonyl (C=O) groups is 1. The molecule has 0 saturated heterocycles. The molecule has 0 bridgehead atoms. The summed E-state index contributed by atoms with van der Waals surface area (Å²) in [6.07, 6.45) is 3.93. The summed E-state index contributed by atoms with van der Waals surface area (Å²) in [4.78, 5) is 11.8. The van der Waals surface area contributed by atoms with E-state index < -0.39 is 20.5 Å². The molecule has 0 aromatic heterocycles. The Morgan fingerprint density at radius 2 is 2.00 bits per heavy atom. The molecule has 6 heteroatoms. The van der Waals surface area contributed by atoms with E-state index in [1.165, 1.54) is 13.8 Å². The second-order valence-electron chi connectivity index (χ2n) is 5.27. The zero-order valence-electron chi connectivity index (χ0n) is 10.5. The summed E-state index contributed by atoms with van der Waals surface area (Å²) in [6, 6.07) is 0. The van der Waals surface area contributed by atoms with Crippen molar-refractivity contribution >= 4 is 27.3 Å². The highest BCUT2D eigenvalue weighted by Gasteiger charge is 2.38. The molecule has 1 saturated carbocycles. The highest BCUT2D eigenvalue weighted by atomic mass is 35.5. The molecule has 1 aliphatic carbocycles. The van der Waals surface area contributed by atoms with Crippen LogP contribution in [0.1, 0.15) is 33.1 Å². The fourth-order valence-electron chi connectivity index (χ4n) is 1.82. The number of carbonyl (C=O) groups excluding carboxylic acids is 1. The standard InChI is InChI=1S/C11H20ClNO3S/c1-11(2,17(3,15)16)10(14)13-7-8-4-5-9(12)6-8/h8-9H,4-7H2,1-3H3,(H,13,14). The highest BCUT2D eigenvalue weighted by molar-refractivity contribution is 7.92. The van der Waals surface area contributed by atoms with Gasteiger partial charge in [0.15, 0.2) is 9.84 Å². The van der Waals surface area contributed by atoms with Crippen LogP contribution in [0.3, 0.4) is 0 Å². The van der Waals surface area contributed by atoms with Gasteiger partial charge in [-0.25, -0.2) is 8.42 Å². The summed E-state index contributed by atoms with van der Waals surface area (Å²) in [6.45, 7) is 3.37. The molecule has 1 N–H and O–H groups in total. The maximum absolute atomic E-state index is 11.8. The van der Waals surface area contributed by atoms with Crippen molar-refractivity contribution in [3.63, 3.8) is 0 Å². The average molecular weight is 282 g/mol. The van der Waals surface area contributed by atoms with Gasteiger partial charge in [-0.1, -0.05) is 0 Å². The predicted molar refractivity (Wildman–Crippen MR) is 68.9 cm³/mol. The monoisotopic (exact) mass is 281 g/mol. The van der Waals surface area contributed by atoms with E-state index in [-0.39, 0.29) is 5.38 Å². The molecule has 0 aliphatic heterocycles. The van der Waals surface area contributed by atoms with E-state index in [9.17, 15) is 13.2 Å². The van der Waals surface area contributed by atoms with Gasteiger partial charge in [0.05, 0.1) is 0 Å². The van der Waals surface area contributed by atoms with Crippen molar-refractivity contribution in [1.82, 2.24) is 5.32 Å². The van der Waals surface area contributed by atoms with E-state index in [1.54, 1.807) is 0 Å². The molecule has 0 spiro atoms. The van der Waals surface area contributed by atoms with E-state index in [2.05, 4.69) is 5.32 Å². The third-order valence-corrected chi connectivity index (χ3v) is 5.94. The number of sulfone groups is 1. The van der Waals surface area contributed by atoms with Crippen LogP contribution in [0.15, 0.2) is 0 Å². The molecule has 1 aliphatic rings. The Morgan fingerprint density at radius 1 is 1.41 bits per heavy atom. The molecule has 1 amide bonds. The molecular weight excluding hydrogens is 262 g/mol. The van der Waals surface area contributed by atoms with Crippen LogP contribution in [0.2, 0.25) is 0 Å². The van der Waals surface area contributed by atoms with Gasteiger partial charge in [-0.05, 0) is 39.0 Å². The van der Waals surface area contributed by atoms with Crippen molar-refractivity contribution < 1.29 is 13.2 Å². The lowest BCUT2D eigenvalue weighted by atomic mass is 10.1. The summed E-state index contributed by atoms with van der Waals surface area (Å²) in [5.74, 6) is -0.0603. The number of hydrogen-bond donors (Lipinski definition) is 1. The summed E-state index contributed by atoms with van der Waals surface area (Å²) in [5.41, 5.74) is 0. The smallest absolute Gasteiger partial charge is 0.240 e. The number of nitrogens with one attached hydrogen (secondary N) is 1. The Bertz CT molecular complexity index is 392. The van der Waals surface area contributed by atoms with Crippen LogP contribution in [-0.4, -0.2) is 37.2 Å². The Morgan fingerprint density at radius 3 is 2.41 bits per heavy atom. The number of alkyl halides is 1. The number of amides is 1. The van der Waals surface area contributed by atoms with Gasteiger partial charge < -0.3 is 5.32 Å². The molecule has 17 heavy (non-hydrogen) atoms. The quantitative estimate of drug-likeness (QED) is 0.791. The topological polar surface area (TPSA) is 63.2 Å². The van der Waals surface area contributed by atoms with Crippen molar-refractivity contribution in [3.05, 3.63) is 0 Å². The molecule has 0 radical (unpaired) electrons. The number of hydrogen-bond acceptors (Lipinski definition) is 3. The molecule has 1 rings (SSSR count). The third kappa shape index (κ3) is 3.58. The van der Waals surface area contributed by atoms with Gasteiger partial charge in [0, 0.05) is 18.2 Å². The lowest BCUT2D eigenvalue weighted by Gasteiger charge is -2.22. The van der Waals surface area contributed by atoms with Crippen LogP contribution in [0.5, 0.6) is 0 Å². The summed E-state index contributed by atoms with van der Waals surface area (Å²) < 4.78 is 21.6. The second-order valence-corrected chi connectivity index (χ2v) is 8.45. The molecule has 4 nitrogen and oxygen atoms in total. The Labute approximate surface area is 108 Å². The van der Waals surface area contributed by atoms with E-state index in [1.807, 2.05) is 0 Å². The van der Waals surface area contributed by atoms with Gasteiger partial charge in [-0.15, -0.1) is 11.6 Å². The van der Waals surface area contributed by atoms with Crippen molar-refractivity contribution in [2.24, 2.45) is 5.92 Å². The van der Waals surface area contributed by atoms with Crippen LogP contribution in [0.25, 0.3) is 0 Å². The zero-order chi connectivity index (χ0) is 13.3. The first-order valence-electron chi connectivity index (χ1n) is 5.76. The Kier molecular flexibility index (Phi) is 4.47. The highest BCUT2D eigenvalue weighted by Crippen LogP contribution is 2.29. The van der Waals surface area contributed by atoms with Crippen LogP contribution in [0, 0.1) is 5.92 Å². The molecule has 1 fully saturated rings. The minimum absolute atomic E-state index is 0.194. The van der Waals surface area contributed by atoms with Crippen LogP contribution >= 0.6 is 11.6 Å². The Hall–Kier alpha value is -0.290. The molecule has 0 aromatic carbocycles. The van der Waals surface area contributed by atoms with Crippen molar-refractivity contribution in [3.8, 4) is 0 Å². The zero-order valence-corrected chi connectivity index (χ0v) is 12.1. The molecule has 2 atom stereocenters. The van der Waals surface area contributed by atoms with Gasteiger partial charge in [-0.2, -0.15) is 0 Å². The minimum atomic E-state index is -3.40. The van der Waals surface area contributed by atoms with E-state index >= 15 is 0 Å². The summed E-state index contributed by atoms with van der Waals surface area (Å²) >= 11 is 5.98. The largest absolute Gasteiger partial charge is 0.354 e. The maximum atomic E-state index is 11.8. The SMILES string of the molecule is CC(C)(C(=O)NCC1CCC(Cl)C1)S(C)(=O)=O. The van der Waals surface area contributed by atoms with Crippen LogP contribution in [0.4, 0.5) is 0 Å². The van der Waals surface area contributed by atoms with Gasteiger partial charge >= 0.3 is 0 Å². The Balaban J connectivity index is 2.50. The van der Waals surface area contributed by atoms with Crippen LogP contribution in [-0.2, 0) is 14.6 Å². The van der Waals surface area contributed by atoms with Crippen molar-refractivity contribution in [2.75, 3.05) is 12.8 Å². The van der Waals surface area contributed by atoms with Crippen molar-refractivity contribution in [1.29, 1.82) is 0 Å². The first kappa shape index (κ1) is 14.8. The average Bonchev–Trinajstić information content (AvgIpc) is 2.58. The molecule has 2 unspecified atom stereocenters. The maximum Gasteiger partial charge on any atom is 0.240 e. The number of rotatable bonds is 4. The summed E-state index contributed by atoms with van der Waals surface area (Å²) in [5, 5.41) is 2.91. The summed E-state index contributed by atoms with van der Waals surface area (Å²) in [7, 11) is -3.40. The van der Waals surface area contributed by atoms with E-state index in [4.69, 9.17) is 11.6 Å². The fourth-order valence-corrected chi connectivity index (χ4v) is 2.60. The van der Waals surface area contributed by atoms with Gasteiger partial charge in [0.2, 0.25) is 5.91 Å². The van der Waals surface area contributed by atoms with Crippen LogP contribution < -0.4 is 5.32 Å². The first-order chi connectivity index (χ1) is 7.64. The first-order valence-corrected chi connectivity index (χ1v) is 8.09. The fraction of sp³-hybridized carbons (Fsp3) is 0.909. The molecule has 0 heterocycles. The lowest BCUT2D eigenvalue weighted by molar-refractivity contribution is -0.123. The minimum Gasteiger partial charge on any atom is -0.354 e. The van der Waals surface area contributed by atoms with Gasteiger partial charge in [0.25, 0.3) is 0 Å². The third-order valence-electron chi connectivity index (χ3n) is 3.50. The normalized spacial score (nSPS) is 25.9. The van der Waals surface area contributed by atoms with Gasteiger partial charge in [0.1, 0.15) is 4.75 Å². The number of halogens is 1. The molecule has 0 aromatic rings. The molecular formula is C11H20ClNO3S. The van der Waals surface area contributed by atoms with Crippen molar-refractivity contribution in [2.45, 2.75) is 43.2 Å². The van der Waals surface area contributed by atoms with E-state index in [0.29, 0.717) is 12.5 Å². The lowest BCUT2D eigenvalue weighted by Crippen LogP contribution is -2.48. The van der Waals surface area contributed by atoms with E-state index in [0.717, 1.165) is 25.5 Å². The van der Waals surface area contributed by atoms with Gasteiger partial charge in [-0.3, -0.25) is 4.79 Å². The second kappa shape index (κ2) is 5.14. The molecule has 100 valence electrons.